The molecule has 13 aromatic carbocycles. The zero-order valence-corrected chi connectivity index (χ0v) is 54.7. The number of hydrogen-bond donors (Lipinski definition) is 0. The summed E-state index contributed by atoms with van der Waals surface area (Å²) >= 11 is 0. The van der Waals surface area contributed by atoms with Crippen molar-refractivity contribution < 1.29 is 26.3 Å². The molecule has 0 aliphatic heterocycles. The quantitative estimate of drug-likeness (QED) is 0.113. The van der Waals surface area contributed by atoms with E-state index in [4.69, 9.17) is 29.9 Å². The average molecular weight is 1340 g/mol. The van der Waals surface area contributed by atoms with Crippen LogP contribution in [0, 0.1) is 13.8 Å². The highest BCUT2D eigenvalue weighted by Crippen LogP contribution is 2.45. The molecule has 0 amide bonds. The number of aromatic nitrogens is 8. The van der Waals surface area contributed by atoms with Gasteiger partial charge in [0.1, 0.15) is 0 Å². The van der Waals surface area contributed by atoms with Crippen LogP contribution in [0.1, 0.15) is 22.3 Å². The lowest BCUT2D eigenvalue weighted by Gasteiger charge is -2.18. The molecule has 490 valence electrons. The number of benzene rings is 13. The van der Waals surface area contributed by atoms with Crippen molar-refractivity contribution in [3.63, 3.8) is 0 Å². The summed E-state index contributed by atoms with van der Waals surface area (Å²) in [6.07, 6.45) is -9.07. The maximum absolute atomic E-state index is 14.4. The third-order valence-corrected chi connectivity index (χ3v) is 18.7. The van der Waals surface area contributed by atoms with Gasteiger partial charge < -0.3 is 9.13 Å². The summed E-state index contributed by atoms with van der Waals surface area (Å²) in [7, 11) is 0. The van der Waals surface area contributed by atoms with Gasteiger partial charge in [-0.1, -0.05) is 200 Å². The molecule has 0 fully saturated rings. The smallest absolute Gasteiger partial charge is 0.309 e. The van der Waals surface area contributed by atoms with E-state index in [1.807, 2.05) is 206 Å². The van der Waals surface area contributed by atoms with Crippen molar-refractivity contribution >= 4 is 43.6 Å². The molecule has 0 saturated heterocycles. The van der Waals surface area contributed by atoms with Crippen molar-refractivity contribution in [1.29, 1.82) is 0 Å². The molecule has 4 aromatic heterocycles. The summed E-state index contributed by atoms with van der Waals surface area (Å²) in [6, 6.07) is 96.2. The van der Waals surface area contributed by atoms with E-state index >= 15 is 0 Å². The highest BCUT2D eigenvalue weighted by Gasteiger charge is 2.33. The maximum atomic E-state index is 14.4. The molecule has 0 aliphatic carbocycles. The van der Waals surface area contributed by atoms with Gasteiger partial charge in [0.25, 0.3) is 0 Å². The molecular weight excluding hydrogens is 1280 g/mol. The number of fused-ring (bicyclic) bond motifs is 6. The zero-order chi connectivity index (χ0) is 69.4. The van der Waals surface area contributed by atoms with Crippen LogP contribution in [0.3, 0.4) is 0 Å². The summed E-state index contributed by atoms with van der Waals surface area (Å²) in [4.78, 5) is 31.0. The molecule has 0 unspecified atom stereocenters. The lowest BCUT2D eigenvalue weighted by molar-refractivity contribution is -0.138. The second-order valence-electron chi connectivity index (χ2n) is 25.5. The largest absolute Gasteiger partial charge is 0.416 e. The zero-order valence-electron chi connectivity index (χ0n) is 54.7. The molecular formula is C88H56F6N8. The van der Waals surface area contributed by atoms with Crippen molar-refractivity contribution in [2.45, 2.75) is 26.2 Å². The summed E-state index contributed by atoms with van der Waals surface area (Å²) in [5.41, 5.74) is 14.6. The van der Waals surface area contributed by atoms with E-state index < -0.39 is 23.5 Å². The Hall–Kier alpha value is -12.9. The molecule has 17 rings (SSSR count). The molecule has 0 N–H and O–H groups in total. The van der Waals surface area contributed by atoms with Crippen LogP contribution >= 0.6 is 0 Å². The summed E-state index contributed by atoms with van der Waals surface area (Å²) in [5, 5.41) is 3.49. The molecule has 0 atom stereocenters. The Kier molecular flexibility index (Phi) is 15.4. The van der Waals surface area contributed by atoms with Crippen LogP contribution in [0.5, 0.6) is 0 Å². The van der Waals surface area contributed by atoms with Gasteiger partial charge in [0.2, 0.25) is 0 Å². The van der Waals surface area contributed by atoms with Crippen LogP contribution in [-0.2, 0) is 12.4 Å². The average Bonchev–Trinajstić information content (AvgIpc) is 1.57. The van der Waals surface area contributed by atoms with Gasteiger partial charge in [0.05, 0.1) is 38.9 Å². The van der Waals surface area contributed by atoms with E-state index in [0.29, 0.717) is 79.5 Å². The molecule has 8 nitrogen and oxygen atoms in total. The van der Waals surface area contributed by atoms with Crippen LogP contribution in [0.25, 0.3) is 168 Å². The minimum atomic E-state index is -4.54. The summed E-state index contributed by atoms with van der Waals surface area (Å²) < 4.78 is 90.8. The minimum Gasteiger partial charge on any atom is -0.309 e. The van der Waals surface area contributed by atoms with E-state index in [9.17, 15) is 26.3 Å². The predicted molar refractivity (Wildman–Crippen MR) is 396 cm³/mol. The molecule has 14 heteroatoms. The lowest BCUT2D eigenvalue weighted by atomic mass is 9.95. The Balaban J connectivity index is 0.900. The van der Waals surface area contributed by atoms with E-state index in [1.54, 1.807) is 26.0 Å². The first-order chi connectivity index (χ1) is 49.6. The van der Waals surface area contributed by atoms with Crippen LogP contribution in [0.2, 0.25) is 0 Å². The Bertz CT molecular complexity index is 6010. The first-order valence-electron chi connectivity index (χ1n) is 33.2. The SMILES string of the molecule is Cc1cc(-c2ccc3c(c2)c2ccccc2n3-c2cc(-c3cccc(-c4cc(-c5nc(-c6ccccc6)nc(-c6ccccc6)n5)ccc4-n4c5ccccc5c5cc(-c6cc(C)cc(C(F)(F)F)c6)ccc54)c3)cc(-c3nc(-c4ccccc4)nc(-c4ccccc4)n3)c2)cc(C(F)(F)F)c1. The van der Waals surface area contributed by atoms with E-state index in [2.05, 4.69) is 69.8 Å². The number of halogens is 6. The van der Waals surface area contributed by atoms with E-state index in [-0.39, 0.29) is 0 Å². The number of alkyl halides is 6. The predicted octanol–water partition coefficient (Wildman–Crippen LogP) is 23.6. The number of hydrogen-bond acceptors (Lipinski definition) is 6. The van der Waals surface area contributed by atoms with Crippen molar-refractivity contribution in [2.24, 2.45) is 0 Å². The summed E-state index contributed by atoms with van der Waals surface area (Å²) in [6.45, 7) is 3.36. The number of para-hydroxylation sites is 2. The molecule has 0 bridgehead atoms. The fraction of sp³-hybridized carbons (Fsp3) is 0.0455. The van der Waals surface area contributed by atoms with Gasteiger partial charge in [0.15, 0.2) is 34.9 Å². The van der Waals surface area contributed by atoms with Crippen molar-refractivity contribution in [2.75, 3.05) is 0 Å². The Morgan fingerprint density at radius 1 is 0.235 bits per heavy atom. The van der Waals surface area contributed by atoms with E-state index in [0.717, 1.165) is 99.5 Å². The number of rotatable bonds is 12. The van der Waals surface area contributed by atoms with Crippen LogP contribution in [0.15, 0.2) is 303 Å². The molecule has 0 spiro atoms. The summed E-state index contributed by atoms with van der Waals surface area (Å²) in [5.74, 6) is 2.81. The third-order valence-electron chi connectivity index (χ3n) is 18.7. The fourth-order valence-corrected chi connectivity index (χ4v) is 13.9. The van der Waals surface area contributed by atoms with Gasteiger partial charge in [-0.3, -0.25) is 0 Å². The van der Waals surface area contributed by atoms with Gasteiger partial charge in [-0.05, 0) is 167 Å². The molecule has 17 aromatic rings. The van der Waals surface area contributed by atoms with Crippen molar-refractivity contribution in [3.8, 4) is 124 Å². The first kappa shape index (κ1) is 62.6. The van der Waals surface area contributed by atoms with Crippen LogP contribution in [-0.4, -0.2) is 39.0 Å². The second-order valence-corrected chi connectivity index (χ2v) is 25.5. The van der Waals surface area contributed by atoms with Gasteiger partial charge in [-0.2, -0.15) is 26.3 Å². The van der Waals surface area contributed by atoms with Gasteiger partial charge >= 0.3 is 12.4 Å². The lowest BCUT2D eigenvalue weighted by Crippen LogP contribution is -2.05. The minimum absolute atomic E-state index is 0.416. The monoisotopic (exact) mass is 1340 g/mol. The normalized spacial score (nSPS) is 11.9. The highest BCUT2D eigenvalue weighted by molar-refractivity contribution is 6.12. The Labute approximate surface area is 581 Å². The van der Waals surface area contributed by atoms with Crippen LogP contribution in [0.4, 0.5) is 26.3 Å². The molecule has 0 saturated carbocycles. The van der Waals surface area contributed by atoms with Crippen molar-refractivity contribution in [3.05, 3.63) is 326 Å². The van der Waals surface area contributed by atoms with Gasteiger partial charge in [0, 0.05) is 66.2 Å². The van der Waals surface area contributed by atoms with Gasteiger partial charge in [-0.25, -0.2) is 29.9 Å². The highest BCUT2D eigenvalue weighted by atomic mass is 19.4. The van der Waals surface area contributed by atoms with E-state index in [1.165, 1.54) is 24.3 Å². The molecule has 0 aliphatic rings. The fourth-order valence-electron chi connectivity index (χ4n) is 13.9. The topological polar surface area (TPSA) is 87.2 Å². The van der Waals surface area contributed by atoms with Crippen molar-refractivity contribution in [1.82, 2.24) is 39.0 Å². The molecule has 102 heavy (non-hydrogen) atoms. The third kappa shape index (κ3) is 11.8. The molecule has 4 heterocycles. The number of aryl methyl sites for hydroxylation is 2. The second kappa shape index (κ2) is 25.1. The number of nitrogens with zero attached hydrogens (tertiary/aromatic N) is 8. The Morgan fingerprint density at radius 2 is 0.578 bits per heavy atom. The molecule has 0 radical (unpaired) electrons. The van der Waals surface area contributed by atoms with Crippen LogP contribution < -0.4 is 0 Å². The Morgan fingerprint density at radius 3 is 1.05 bits per heavy atom. The standard InChI is InChI=1S/C88H56F6N8/c1-53-40-64(46-68(42-53)87(89,90)91)60-34-37-79-74(50-60)71-30-15-17-32-76(71)101(79)70-48-66(45-67(49-70)86-99-83(57-24-11-5-12-25-57)96-84(100-86)58-26-13-6-14-27-58)59-28-19-29-62(44-59)73-52-63(85-97-81(55-20-7-3-8-21-55)95-82(98-85)56-22-9-4-10-23-56)36-39-78(73)102-77-33-18-16-31-72(77)75-51-61(35-38-80(75)102)65-41-54(2)43-69(47-65)88(92,93)94/h3-52H,1-2H3. The van der Waals surface area contributed by atoms with Gasteiger partial charge in [-0.15, -0.1) is 0 Å². The maximum Gasteiger partial charge on any atom is 0.416 e. The first-order valence-corrected chi connectivity index (χ1v) is 33.2.